The zero-order valence-corrected chi connectivity index (χ0v) is 9.49. The monoisotopic (exact) mass is 209 g/mol. The van der Waals surface area contributed by atoms with Crippen LogP contribution in [-0.2, 0) is 4.79 Å². The molecule has 0 spiro atoms. The minimum absolute atomic E-state index is 0.0865. The SMILES string of the molecule is CCCN1C(=O)C(CC#N)NCCC1C. The van der Waals surface area contributed by atoms with Crippen LogP contribution in [-0.4, -0.2) is 36.0 Å². The molecular formula is C11H19N3O. The number of nitriles is 1. The molecule has 84 valence electrons. The third kappa shape index (κ3) is 2.93. The molecule has 2 atom stereocenters. The summed E-state index contributed by atoms with van der Waals surface area (Å²) in [4.78, 5) is 14.0. The van der Waals surface area contributed by atoms with E-state index >= 15 is 0 Å². The molecule has 0 aliphatic carbocycles. The highest BCUT2D eigenvalue weighted by Gasteiger charge is 2.29. The molecular weight excluding hydrogens is 190 g/mol. The van der Waals surface area contributed by atoms with E-state index in [0.717, 1.165) is 25.9 Å². The Bertz CT molecular complexity index is 259. The number of carbonyl (C=O) groups excluding carboxylic acids is 1. The third-order valence-electron chi connectivity index (χ3n) is 2.83. The minimum Gasteiger partial charge on any atom is -0.339 e. The zero-order chi connectivity index (χ0) is 11.3. The van der Waals surface area contributed by atoms with E-state index in [2.05, 4.69) is 25.2 Å². The van der Waals surface area contributed by atoms with Crippen LogP contribution >= 0.6 is 0 Å². The number of nitrogens with one attached hydrogen (secondary N) is 1. The van der Waals surface area contributed by atoms with Crippen molar-refractivity contribution in [2.75, 3.05) is 13.1 Å². The number of amides is 1. The highest BCUT2D eigenvalue weighted by Crippen LogP contribution is 2.12. The van der Waals surface area contributed by atoms with Gasteiger partial charge in [0.15, 0.2) is 0 Å². The van der Waals surface area contributed by atoms with Crippen molar-refractivity contribution >= 4 is 5.91 Å². The van der Waals surface area contributed by atoms with Crippen LogP contribution in [0.4, 0.5) is 0 Å². The Kier molecular flexibility index (Phi) is 4.57. The van der Waals surface area contributed by atoms with E-state index in [9.17, 15) is 4.79 Å². The first-order valence-electron chi connectivity index (χ1n) is 5.61. The van der Waals surface area contributed by atoms with Crippen LogP contribution in [0, 0.1) is 11.3 Å². The molecule has 1 fully saturated rings. The van der Waals surface area contributed by atoms with Gasteiger partial charge in [0.05, 0.1) is 18.5 Å². The Hall–Kier alpha value is -1.08. The lowest BCUT2D eigenvalue weighted by Gasteiger charge is -2.28. The standard InChI is InChI=1S/C11H19N3O/c1-3-8-14-9(2)5-7-13-10(4-6-12)11(14)15/h9-10,13H,3-5,7-8H2,1-2H3. The van der Waals surface area contributed by atoms with Crippen molar-refractivity contribution in [1.82, 2.24) is 10.2 Å². The predicted molar refractivity (Wildman–Crippen MR) is 58.1 cm³/mol. The second kappa shape index (κ2) is 5.72. The maximum atomic E-state index is 12.0. The molecule has 1 heterocycles. The number of carbonyl (C=O) groups is 1. The molecule has 0 aromatic heterocycles. The van der Waals surface area contributed by atoms with E-state index in [1.54, 1.807) is 0 Å². The molecule has 1 amide bonds. The Labute approximate surface area is 91.2 Å². The quantitative estimate of drug-likeness (QED) is 0.751. The number of rotatable bonds is 3. The van der Waals surface area contributed by atoms with Gasteiger partial charge in [0, 0.05) is 12.6 Å². The van der Waals surface area contributed by atoms with Crippen LogP contribution in [0.3, 0.4) is 0 Å². The van der Waals surface area contributed by atoms with E-state index in [-0.39, 0.29) is 24.4 Å². The fraction of sp³-hybridized carbons (Fsp3) is 0.818. The van der Waals surface area contributed by atoms with Gasteiger partial charge in [-0.1, -0.05) is 6.92 Å². The molecule has 1 aliphatic rings. The summed E-state index contributed by atoms with van der Waals surface area (Å²) in [5, 5.41) is 11.8. The van der Waals surface area contributed by atoms with E-state index in [0.29, 0.717) is 0 Å². The summed E-state index contributed by atoms with van der Waals surface area (Å²) in [6, 6.07) is 2.05. The molecule has 1 rings (SSSR count). The van der Waals surface area contributed by atoms with Crippen molar-refractivity contribution in [3.05, 3.63) is 0 Å². The summed E-state index contributed by atoms with van der Waals surface area (Å²) < 4.78 is 0. The van der Waals surface area contributed by atoms with Crippen molar-refractivity contribution in [2.24, 2.45) is 0 Å². The fourth-order valence-corrected chi connectivity index (χ4v) is 1.95. The molecule has 1 N–H and O–H groups in total. The van der Waals surface area contributed by atoms with Gasteiger partial charge >= 0.3 is 0 Å². The lowest BCUT2D eigenvalue weighted by molar-refractivity contribution is -0.134. The van der Waals surface area contributed by atoms with Gasteiger partial charge in [-0.15, -0.1) is 0 Å². The largest absolute Gasteiger partial charge is 0.339 e. The summed E-state index contributed by atoms with van der Waals surface area (Å²) in [6.07, 6.45) is 2.20. The minimum atomic E-state index is -0.300. The Morgan fingerprint density at radius 1 is 1.67 bits per heavy atom. The second-order valence-corrected chi connectivity index (χ2v) is 4.04. The Balaban J connectivity index is 2.72. The van der Waals surface area contributed by atoms with Crippen molar-refractivity contribution in [3.63, 3.8) is 0 Å². The van der Waals surface area contributed by atoms with E-state index < -0.39 is 0 Å². The van der Waals surface area contributed by atoms with Crippen molar-refractivity contribution < 1.29 is 4.79 Å². The Morgan fingerprint density at radius 3 is 3.00 bits per heavy atom. The smallest absolute Gasteiger partial charge is 0.241 e. The van der Waals surface area contributed by atoms with Gasteiger partial charge in [-0.2, -0.15) is 5.26 Å². The molecule has 2 unspecified atom stereocenters. The first kappa shape index (κ1) is 12.0. The van der Waals surface area contributed by atoms with E-state index in [4.69, 9.17) is 5.26 Å². The van der Waals surface area contributed by atoms with Crippen LogP contribution in [0.5, 0.6) is 0 Å². The lowest BCUT2D eigenvalue weighted by Crippen LogP contribution is -2.46. The molecule has 15 heavy (non-hydrogen) atoms. The van der Waals surface area contributed by atoms with Gasteiger partial charge in [0.2, 0.25) is 5.91 Å². The van der Waals surface area contributed by atoms with Gasteiger partial charge in [-0.05, 0) is 26.3 Å². The second-order valence-electron chi connectivity index (χ2n) is 4.04. The van der Waals surface area contributed by atoms with E-state index in [1.165, 1.54) is 0 Å². The molecule has 0 radical (unpaired) electrons. The zero-order valence-electron chi connectivity index (χ0n) is 9.49. The number of hydrogen-bond donors (Lipinski definition) is 1. The average Bonchev–Trinajstić information content (AvgIpc) is 2.34. The van der Waals surface area contributed by atoms with Crippen LogP contribution in [0.15, 0.2) is 0 Å². The maximum Gasteiger partial charge on any atom is 0.241 e. The third-order valence-corrected chi connectivity index (χ3v) is 2.83. The lowest BCUT2D eigenvalue weighted by atomic mass is 10.1. The summed E-state index contributed by atoms with van der Waals surface area (Å²) in [6.45, 7) is 5.75. The van der Waals surface area contributed by atoms with Crippen LogP contribution < -0.4 is 5.32 Å². The van der Waals surface area contributed by atoms with Gasteiger partial charge < -0.3 is 10.2 Å². The first-order chi connectivity index (χ1) is 7.20. The van der Waals surface area contributed by atoms with Crippen molar-refractivity contribution in [2.45, 2.75) is 45.2 Å². The molecule has 1 saturated heterocycles. The summed E-state index contributed by atoms with van der Waals surface area (Å²) in [5.41, 5.74) is 0. The molecule has 0 bridgehead atoms. The van der Waals surface area contributed by atoms with Crippen molar-refractivity contribution in [1.29, 1.82) is 5.26 Å². The first-order valence-corrected chi connectivity index (χ1v) is 5.61. The molecule has 4 nitrogen and oxygen atoms in total. The topological polar surface area (TPSA) is 56.1 Å². The molecule has 0 aromatic rings. The fourth-order valence-electron chi connectivity index (χ4n) is 1.95. The van der Waals surface area contributed by atoms with Crippen LogP contribution in [0.2, 0.25) is 0 Å². The van der Waals surface area contributed by atoms with Gasteiger partial charge in [0.1, 0.15) is 0 Å². The summed E-state index contributed by atoms with van der Waals surface area (Å²) in [5.74, 6) is 0.0865. The average molecular weight is 209 g/mol. The van der Waals surface area contributed by atoms with Crippen LogP contribution in [0.25, 0.3) is 0 Å². The molecule has 1 aliphatic heterocycles. The van der Waals surface area contributed by atoms with Gasteiger partial charge in [-0.3, -0.25) is 4.79 Å². The van der Waals surface area contributed by atoms with Crippen molar-refractivity contribution in [3.8, 4) is 6.07 Å². The molecule has 4 heteroatoms. The molecule has 0 saturated carbocycles. The van der Waals surface area contributed by atoms with E-state index in [1.807, 2.05) is 4.90 Å². The maximum absolute atomic E-state index is 12.0. The normalized spacial score (nSPS) is 27.3. The van der Waals surface area contributed by atoms with Gasteiger partial charge in [-0.25, -0.2) is 0 Å². The van der Waals surface area contributed by atoms with Gasteiger partial charge in [0.25, 0.3) is 0 Å². The molecule has 0 aromatic carbocycles. The summed E-state index contributed by atoms with van der Waals surface area (Å²) >= 11 is 0. The predicted octanol–water partition coefficient (Wildman–Crippen LogP) is 0.889. The summed E-state index contributed by atoms with van der Waals surface area (Å²) in [7, 11) is 0. The Morgan fingerprint density at radius 2 is 2.40 bits per heavy atom. The number of nitrogens with zero attached hydrogens (tertiary/aromatic N) is 2. The number of hydrogen-bond acceptors (Lipinski definition) is 3. The van der Waals surface area contributed by atoms with Crippen LogP contribution in [0.1, 0.15) is 33.1 Å². The highest BCUT2D eigenvalue weighted by atomic mass is 16.2. The highest BCUT2D eigenvalue weighted by molar-refractivity contribution is 5.82.